The van der Waals surface area contributed by atoms with Gasteiger partial charge in [0.05, 0.1) is 10.5 Å². The van der Waals surface area contributed by atoms with E-state index in [4.69, 9.17) is 11.6 Å². The van der Waals surface area contributed by atoms with Crippen LogP contribution in [0.5, 0.6) is 0 Å². The van der Waals surface area contributed by atoms with Gasteiger partial charge in [0.25, 0.3) is 0 Å². The Balaban J connectivity index is 2.04. The number of aromatic nitrogens is 1. The number of Topliss-reactive ketones (excluding diaryl/α,β-unsaturated/α-hetero) is 2. The Morgan fingerprint density at radius 2 is 2.15 bits per heavy atom. The van der Waals surface area contributed by atoms with Crippen molar-refractivity contribution in [2.45, 2.75) is 25.7 Å². The Hall–Kier alpha value is -1.74. The molecule has 0 N–H and O–H groups in total. The van der Waals surface area contributed by atoms with Gasteiger partial charge in [-0.2, -0.15) is 0 Å². The highest BCUT2D eigenvalue weighted by molar-refractivity contribution is 6.36. The number of carbonyl (C=O) groups excluding carboxylic acids is 2. The van der Waals surface area contributed by atoms with Crippen LogP contribution in [0.1, 0.15) is 36.0 Å². The molecule has 1 aromatic heterocycles. The highest BCUT2D eigenvalue weighted by Gasteiger charge is 2.27. The topological polar surface area (TPSA) is 47.0 Å². The highest BCUT2D eigenvalue weighted by atomic mass is 35.5. The fourth-order valence-electron chi connectivity index (χ4n) is 2.80. The van der Waals surface area contributed by atoms with E-state index in [2.05, 4.69) is 4.98 Å². The lowest BCUT2D eigenvalue weighted by Crippen LogP contribution is -2.23. The number of hydrogen-bond acceptors (Lipinski definition) is 3. The van der Waals surface area contributed by atoms with Gasteiger partial charge in [0.15, 0.2) is 5.78 Å². The van der Waals surface area contributed by atoms with Crippen LogP contribution in [0.15, 0.2) is 30.5 Å². The number of ketones is 2. The summed E-state index contributed by atoms with van der Waals surface area (Å²) in [5.74, 6) is -0.0122. The molecule has 4 heteroatoms. The molecule has 20 heavy (non-hydrogen) atoms. The van der Waals surface area contributed by atoms with E-state index in [9.17, 15) is 9.59 Å². The Labute approximate surface area is 122 Å². The molecular formula is C16H14ClNO2. The van der Waals surface area contributed by atoms with E-state index in [0.717, 1.165) is 18.2 Å². The van der Waals surface area contributed by atoms with Crippen molar-refractivity contribution in [1.29, 1.82) is 0 Å². The zero-order valence-corrected chi connectivity index (χ0v) is 11.7. The van der Waals surface area contributed by atoms with Gasteiger partial charge in [-0.05, 0) is 37.1 Å². The zero-order chi connectivity index (χ0) is 14.1. The number of pyridine rings is 1. The van der Waals surface area contributed by atoms with E-state index in [1.165, 1.54) is 0 Å². The van der Waals surface area contributed by atoms with Gasteiger partial charge in [-0.25, -0.2) is 0 Å². The second-order valence-corrected chi connectivity index (χ2v) is 5.60. The first-order valence-corrected chi connectivity index (χ1v) is 7.14. The lowest BCUT2D eigenvalue weighted by atomic mass is 9.83. The summed E-state index contributed by atoms with van der Waals surface area (Å²) >= 11 is 6.14. The molecule has 1 aromatic carbocycles. The number of benzene rings is 1. The van der Waals surface area contributed by atoms with E-state index >= 15 is 0 Å². The predicted molar refractivity (Wildman–Crippen MR) is 78.0 cm³/mol. The summed E-state index contributed by atoms with van der Waals surface area (Å²) in [6, 6.07) is 7.10. The van der Waals surface area contributed by atoms with E-state index in [1.54, 1.807) is 24.4 Å². The molecule has 1 atom stereocenters. The molecule has 1 unspecified atom stereocenters. The summed E-state index contributed by atoms with van der Waals surface area (Å²) in [7, 11) is 0. The van der Waals surface area contributed by atoms with Crippen molar-refractivity contribution in [3.05, 3.63) is 41.0 Å². The summed E-state index contributed by atoms with van der Waals surface area (Å²) in [6.07, 6.45) is 4.19. The summed E-state index contributed by atoms with van der Waals surface area (Å²) < 4.78 is 0. The van der Waals surface area contributed by atoms with E-state index in [0.29, 0.717) is 28.9 Å². The molecule has 1 aliphatic rings. The van der Waals surface area contributed by atoms with Crippen molar-refractivity contribution in [3.63, 3.8) is 0 Å². The molecule has 0 saturated heterocycles. The summed E-state index contributed by atoms with van der Waals surface area (Å²) in [5, 5.41) is 1.37. The maximum atomic E-state index is 12.6. The quantitative estimate of drug-likeness (QED) is 0.789. The van der Waals surface area contributed by atoms with Crippen LogP contribution in [-0.2, 0) is 4.79 Å². The third-order valence-electron chi connectivity index (χ3n) is 3.83. The molecule has 0 radical (unpaired) electrons. The van der Waals surface area contributed by atoms with Crippen LogP contribution >= 0.6 is 11.6 Å². The van der Waals surface area contributed by atoms with Crippen LogP contribution in [0.4, 0.5) is 0 Å². The molecular weight excluding hydrogens is 274 g/mol. The van der Waals surface area contributed by atoms with Crippen LogP contribution < -0.4 is 0 Å². The molecule has 2 aromatic rings. The van der Waals surface area contributed by atoms with Gasteiger partial charge in [-0.3, -0.25) is 14.6 Å². The minimum Gasteiger partial charge on any atom is -0.300 e. The van der Waals surface area contributed by atoms with Crippen LogP contribution in [0.2, 0.25) is 5.02 Å². The van der Waals surface area contributed by atoms with Gasteiger partial charge >= 0.3 is 0 Å². The zero-order valence-electron chi connectivity index (χ0n) is 10.9. The standard InChI is InChI=1S/C16H14ClNO2/c17-14-7-6-13(15-12(14)5-2-8-18-15)16(20)10-3-1-4-11(19)9-10/h2,5-8,10H,1,3-4,9H2. The van der Waals surface area contributed by atoms with Crippen molar-refractivity contribution in [3.8, 4) is 0 Å². The lowest BCUT2D eigenvalue weighted by Gasteiger charge is -2.20. The second-order valence-electron chi connectivity index (χ2n) is 5.19. The Kier molecular flexibility index (Phi) is 3.53. The van der Waals surface area contributed by atoms with Gasteiger partial charge in [-0.15, -0.1) is 0 Å². The fourth-order valence-corrected chi connectivity index (χ4v) is 3.02. The fraction of sp³-hybridized carbons (Fsp3) is 0.312. The predicted octanol–water partition coefficient (Wildman–Crippen LogP) is 3.83. The minimum absolute atomic E-state index is 0.0124. The second kappa shape index (κ2) is 5.33. The molecule has 0 amide bonds. The van der Waals surface area contributed by atoms with Crippen molar-refractivity contribution < 1.29 is 9.59 Å². The van der Waals surface area contributed by atoms with Crippen LogP contribution in [-0.4, -0.2) is 16.6 Å². The molecule has 102 valence electrons. The SMILES string of the molecule is O=C1CCCC(C(=O)c2ccc(Cl)c3cccnc23)C1. The smallest absolute Gasteiger partial charge is 0.168 e. The van der Waals surface area contributed by atoms with E-state index in [1.807, 2.05) is 6.07 Å². The first kappa shape index (κ1) is 13.3. The van der Waals surface area contributed by atoms with Crippen LogP contribution in [0, 0.1) is 5.92 Å². The number of fused-ring (bicyclic) bond motifs is 1. The van der Waals surface area contributed by atoms with E-state index < -0.39 is 0 Å². The number of rotatable bonds is 2. The minimum atomic E-state index is -0.206. The van der Waals surface area contributed by atoms with Gasteiger partial charge in [-0.1, -0.05) is 11.6 Å². The monoisotopic (exact) mass is 287 g/mol. The Bertz CT molecular complexity index is 696. The first-order chi connectivity index (χ1) is 9.66. The molecule has 1 fully saturated rings. The summed E-state index contributed by atoms with van der Waals surface area (Å²) in [6.45, 7) is 0. The largest absolute Gasteiger partial charge is 0.300 e. The average molecular weight is 288 g/mol. The lowest BCUT2D eigenvalue weighted by molar-refractivity contribution is -0.121. The Morgan fingerprint density at radius 1 is 1.30 bits per heavy atom. The number of hydrogen-bond donors (Lipinski definition) is 0. The molecule has 1 aliphatic carbocycles. The molecule has 3 rings (SSSR count). The van der Waals surface area contributed by atoms with Crippen LogP contribution in [0.25, 0.3) is 10.9 Å². The first-order valence-electron chi connectivity index (χ1n) is 6.76. The normalized spacial score (nSPS) is 19.2. The van der Waals surface area contributed by atoms with Crippen molar-refractivity contribution in [2.75, 3.05) is 0 Å². The highest BCUT2D eigenvalue weighted by Crippen LogP contribution is 2.30. The van der Waals surface area contributed by atoms with E-state index in [-0.39, 0.29) is 17.5 Å². The number of nitrogens with zero attached hydrogens (tertiary/aromatic N) is 1. The summed E-state index contributed by atoms with van der Waals surface area (Å²) in [5.41, 5.74) is 1.20. The van der Waals surface area contributed by atoms with Gasteiger partial charge in [0.2, 0.25) is 0 Å². The maximum absolute atomic E-state index is 12.6. The van der Waals surface area contributed by atoms with Crippen molar-refractivity contribution >= 4 is 34.1 Å². The molecule has 0 aliphatic heterocycles. The third kappa shape index (κ3) is 2.34. The molecule has 3 nitrogen and oxygen atoms in total. The Morgan fingerprint density at radius 3 is 2.95 bits per heavy atom. The molecule has 0 spiro atoms. The number of carbonyl (C=O) groups is 2. The molecule has 1 saturated carbocycles. The van der Waals surface area contributed by atoms with Gasteiger partial charge in [0.1, 0.15) is 5.78 Å². The number of halogens is 1. The summed E-state index contributed by atoms with van der Waals surface area (Å²) in [4.78, 5) is 28.5. The third-order valence-corrected chi connectivity index (χ3v) is 4.16. The van der Waals surface area contributed by atoms with Crippen LogP contribution in [0.3, 0.4) is 0 Å². The van der Waals surface area contributed by atoms with Gasteiger partial charge < -0.3 is 0 Å². The molecule has 1 heterocycles. The maximum Gasteiger partial charge on any atom is 0.168 e. The van der Waals surface area contributed by atoms with Crippen molar-refractivity contribution in [1.82, 2.24) is 4.98 Å². The van der Waals surface area contributed by atoms with Crippen molar-refractivity contribution in [2.24, 2.45) is 5.92 Å². The average Bonchev–Trinajstić information content (AvgIpc) is 2.47. The van der Waals surface area contributed by atoms with Gasteiger partial charge in [0, 0.05) is 35.9 Å². The molecule has 0 bridgehead atoms.